The van der Waals surface area contributed by atoms with Crippen molar-refractivity contribution in [1.29, 1.82) is 0 Å². The summed E-state index contributed by atoms with van der Waals surface area (Å²) in [6.07, 6.45) is 0. The van der Waals surface area contributed by atoms with Crippen molar-refractivity contribution in [2.45, 2.75) is 0 Å². The fourth-order valence-corrected chi connectivity index (χ4v) is 2.95. The van der Waals surface area contributed by atoms with Crippen molar-refractivity contribution in [2.24, 2.45) is 0 Å². The van der Waals surface area contributed by atoms with Gasteiger partial charge in [0.15, 0.2) is 0 Å². The maximum absolute atomic E-state index is 6.13. The number of para-hydroxylation sites is 1. The number of nitrogen functional groups attached to an aromatic ring is 2. The van der Waals surface area contributed by atoms with E-state index in [0.29, 0.717) is 17.1 Å². The van der Waals surface area contributed by atoms with E-state index in [4.69, 9.17) is 21.2 Å². The maximum Gasteiger partial charge on any atom is 0.239 e. The van der Waals surface area contributed by atoms with Crippen LogP contribution in [0.4, 0.5) is 11.4 Å². The van der Waals surface area contributed by atoms with Gasteiger partial charge in [0.05, 0.1) is 12.8 Å². The summed E-state index contributed by atoms with van der Waals surface area (Å²) in [5, 5.41) is 0. The van der Waals surface area contributed by atoms with Gasteiger partial charge >= 0.3 is 0 Å². The molecule has 0 saturated carbocycles. The van der Waals surface area contributed by atoms with Gasteiger partial charge in [0.25, 0.3) is 0 Å². The van der Waals surface area contributed by atoms with Gasteiger partial charge in [0.2, 0.25) is 16.7 Å². The van der Waals surface area contributed by atoms with Gasteiger partial charge in [-0.05, 0) is 12.1 Å². The highest BCUT2D eigenvalue weighted by molar-refractivity contribution is 5.87. The minimum atomic E-state index is 0.569. The SMILES string of the molecule is COc1cc2nc3ccc(N)cc3[n+](-c3ccccc3)c2cc1N. The van der Waals surface area contributed by atoms with Crippen LogP contribution >= 0.6 is 0 Å². The van der Waals surface area contributed by atoms with Gasteiger partial charge in [0.1, 0.15) is 16.8 Å². The quantitative estimate of drug-likeness (QED) is 0.338. The number of fused-ring (bicyclic) bond motifs is 2. The molecule has 1 aromatic heterocycles. The predicted molar refractivity (Wildman–Crippen MR) is 96.2 cm³/mol. The molecule has 4 rings (SSSR count). The average Bonchev–Trinajstić information content (AvgIpc) is 2.60. The Morgan fingerprint density at radius 1 is 0.875 bits per heavy atom. The normalized spacial score (nSPS) is 11.0. The van der Waals surface area contributed by atoms with Gasteiger partial charge in [-0.1, -0.05) is 18.2 Å². The molecule has 24 heavy (non-hydrogen) atoms. The van der Waals surface area contributed by atoms with Crippen LogP contribution in [0.2, 0.25) is 0 Å². The minimum Gasteiger partial charge on any atom is -0.495 e. The molecule has 0 aliphatic rings. The minimum absolute atomic E-state index is 0.569. The highest BCUT2D eigenvalue weighted by Gasteiger charge is 2.21. The van der Waals surface area contributed by atoms with E-state index >= 15 is 0 Å². The van der Waals surface area contributed by atoms with Crippen molar-refractivity contribution in [3.05, 3.63) is 60.7 Å². The van der Waals surface area contributed by atoms with E-state index in [-0.39, 0.29) is 0 Å². The third-order valence-electron chi connectivity index (χ3n) is 4.06. The zero-order valence-electron chi connectivity index (χ0n) is 13.2. The molecule has 0 radical (unpaired) electrons. The van der Waals surface area contributed by atoms with Gasteiger partial charge in [-0.3, -0.25) is 0 Å². The number of nitrogens with two attached hydrogens (primary N) is 2. The van der Waals surface area contributed by atoms with Crippen LogP contribution in [0.25, 0.3) is 27.8 Å². The molecule has 0 amide bonds. The number of hydrogen-bond donors (Lipinski definition) is 2. The fraction of sp³-hybridized carbons (Fsp3) is 0.0526. The monoisotopic (exact) mass is 317 g/mol. The topological polar surface area (TPSA) is 78.0 Å². The molecule has 0 spiro atoms. The highest BCUT2D eigenvalue weighted by Crippen LogP contribution is 2.27. The first-order chi connectivity index (χ1) is 11.7. The number of benzene rings is 3. The maximum atomic E-state index is 6.13. The number of nitrogens with zero attached hydrogens (tertiary/aromatic N) is 2. The van der Waals surface area contributed by atoms with Crippen molar-refractivity contribution in [1.82, 2.24) is 4.98 Å². The van der Waals surface area contributed by atoms with Crippen LogP contribution in [0.5, 0.6) is 5.75 Å². The Balaban J connectivity index is 2.21. The Labute approximate surface area is 139 Å². The summed E-state index contributed by atoms with van der Waals surface area (Å²) in [6, 6.07) is 19.5. The number of ether oxygens (including phenoxy) is 1. The van der Waals surface area contributed by atoms with Crippen LogP contribution in [-0.4, -0.2) is 12.1 Å². The number of aromatic nitrogens is 2. The molecule has 4 aromatic rings. The first-order valence-electron chi connectivity index (χ1n) is 7.61. The molecule has 0 bridgehead atoms. The molecule has 0 atom stereocenters. The molecular formula is C19H17N4O+. The van der Waals surface area contributed by atoms with E-state index in [1.807, 2.05) is 60.7 Å². The third kappa shape index (κ3) is 2.18. The number of anilines is 2. The van der Waals surface area contributed by atoms with E-state index in [1.54, 1.807) is 7.11 Å². The number of hydrogen-bond acceptors (Lipinski definition) is 4. The molecule has 5 heteroatoms. The standard InChI is InChI=1S/C19H16N4O/c1-24-19-11-16-18(10-14(19)21)23(13-5-3-2-4-6-13)17-9-12(20)7-8-15(17)22-16/h2-11H,1H3,(H3,20,21)/p+1. The van der Waals surface area contributed by atoms with Crippen molar-refractivity contribution in [3.63, 3.8) is 0 Å². The Morgan fingerprint density at radius 2 is 1.62 bits per heavy atom. The third-order valence-corrected chi connectivity index (χ3v) is 4.06. The van der Waals surface area contributed by atoms with E-state index in [1.165, 1.54) is 0 Å². The number of rotatable bonds is 2. The summed E-state index contributed by atoms with van der Waals surface area (Å²) >= 11 is 0. The Bertz CT molecular complexity index is 1060. The lowest BCUT2D eigenvalue weighted by atomic mass is 10.2. The first kappa shape index (κ1) is 14.3. The summed E-state index contributed by atoms with van der Waals surface area (Å²) in [5.74, 6) is 0.615. The second-order valence-electron chi connectivity index (χ2n) is 5.61. The summed E-state index contributed by atoms with van der Waals surface area (Å²) in [6.45, 7) is 0. The van der Waals surface area contributed by atoms with Crippen LogP contribution in [-0.2, 0) is 0 Å². The van der Waals surface area contributed by atoms with Crippen molar-refractivity contribution in [3.8, 4) is 11.4 Å². The predicted octanol–water partition coefficient (Wildman–Crippen LogP) is 2.84. The summed E-state index contributed by atoms with van der Waals surface area (Å²) < 4.78 is 7.45. The largest absolute Gasteiger partial charge is 0.495 e. The van der Waals surface area contributed by atoms with E-state index in [2.05, 4.69) is 4.57 Å². The lowest BCUT2D eigenvalue weighted by molar-refractivity contribution is -0.538. The van der Waals surface area contributed by atoms with Crippen molar-refractivity contribution in [2.75, 3.05) is 18.6 Å². The van der Waals surface area contributed by atoms with Crippen LogP contribution in [0, 0.1) is 0 Å². The molecule has 0 fully saturated rings. The van der Waals surface area contributed by atoms with Crippen LogP contribution in [0.15, 0.2) is 60.7 Å². The molecule has 118 valence electrons. The fourth-order valence-electron chi connectivity index (χ4n) is 2.95. The van der Waals surface area contributed by atoms with Crippen molar-refractivity contribution >= 4 is 33.4 Å². The van der Waals surface area contributed by atoms with Crippen LogP contribution in [0.3, 0.4) is 0 Å². The molecule has 5 nitrogen and oxygen atoms in total. The van der Waals surface area contributed by atoms with E-state index < -0.39 is 0 Å². The zero-order valence-corrected chi connectivity index (χ0v) is 13.2. The molecule has 1 heterocycles. The Morgan fingerprint density at radius 3 is 2.38 bits per heavy atom. The molecule has 0 aliphatic carbocycles. The Kier molecular flexibility index (Phi) is 3.20. The van der Waals surface area contributed by atoms with Gasteiger partial charge in [-0.2, -0.15) is 0 Å². The zero-order chi connectivity index (χ0) is 16.7. The van der Waals surface area contributed by atoms with Gasteiger partial charge in [-0.15, -0.1) is 4.57 Å². The first-order valence-corrected chi connectivity index (χ1v) is 7.61. The van der Waals surface area contributed by atoms with Crippen LogP contribution < -0.4 is 20.8 Å². The molecule has 0 aliphatic heterocycles. The summed E-state index contributed by atoms with van der Waals surface area (Å²) in [4.78, 5) is 4.74. The summed E-state index contributed by atoms with van der Waals surface area (Å²) in [7, 11) is 1.60. The van der Waals surface area contributed by atoms with Crippen LogP contribution in [0.1, 0.15) is 0 Å². The van der Waals surface area contributed by atoms with Crippen molar-refractivity contribution < 1.29 is 9.30 Å². The lowest BCUT2D eigenvalue weighted by Gasteiger charge is -2.08. The van der Waals surface area contributed by atoms with Gasteiger partial charge in [-0.25, -0.2) is 4.98 Å². The molecule has 0 saturated heterocycles. The molecule has 3 aromatic carbocycles. The van der Waals surface area contributed by atoms with Gasteiger partial charge in [0, 0.05) is 36.0 Å². The second-order valence-corrected chi connectivity index (χ2v) is 5.61. The molecule has 4 N–H and O–H groups in total. The molecular weight excluding hydrogens is 300 g/mol. The second kappa shape index (κ2) is 5.38. The molecule has 0 unspecified atom stereocenters. The lowest BCUT2D eigenvalue weighted by Crippen LogP contribution is -2.33. The summed E-state index contributed by atoms with van der Waals surface area (Å²) in [5.41, 5.74) is 17.9. The van der Waals surface area contributed by atoms with E-state index in [9.17, 15) is 0 Å². The average molecular weight is 317 g/mol. The smallest absolute Gasteiger partial charge is 0.239 e. The van der Waals surface area contributed by atoms with Gasteiger partial charge < -0.3 is 16.2 Å². The Hall–Kier alpha value is -3.34. The van der Waals surface area contributed by atoms with E-state index in [0.717, 1.165) is 27.8 Å². The highest BCUT2D eigenvalue weighted by atomic mass is 16.5. The number of methoxy groups -OCH3 is 1.